The van der Waals surface area contributed by atoms with E-state index in [0.29, 0.717) is 37.4 Å². The fourth-order valence-electron chi connectivity index (χ4n) is 8.05. The van der Waals surface area contributed by atoms with Gasteiger partial charge in [0.15, 0.2) is 11.5 Å². The first-order valence-corrected chi connectivity index (χ1v) is 14.8. The lowest BCUT2D eigenvalue weighted by Gasteiger charge is -2.64. The molecule has 1 amide bonds. The monoisotopic (exact) mass is 556 g/mol. The lowest BCUT2D eigenvalue weighted by atomic mass is 9.48. The van der Waals surface area contributed by atoms with Gasteiger partial charge in [-0.3, -0.25) is 14.5 Å². The van der Waals surface area contributed by atoms with Crippen LogP contribution in [0.25, 0.3) is 0 Å². The highest BCUT2D eigenvalue weighted by Gasteiger charge is 2.73. The van der Waals surface area contributed by atoms with Crippen LogP contribution in [-0.2, 0) is 26.2 Å². The molecule has 1 unspecified atom stereocenters. The second-order valence-electron chi connectivity index (χ2n) is 12.8. The fourth-order valence-corrected chi connectivity index (χ4v) is 8.05. The topological polar surface area (TPSA) is 146 Å². The molecule has 6 atom stereocenters. The zero-order valence-electron chi connectivity index (χ0n) is 23.2. The van der Waals surface area contributed by atoms with E-state index in [1.807, 2.05) is 6.07 Å². The molecule has 1 saturated heterocycles. The van der Waals surface area contributed by atoms with Crippen LogP contribution < -0.4 is 14.8 Å². The summed E-state index contributed by atoms with van der Waals surface area (Å²) in [5.74, 6) is -1.28. The summed E-state index contributed by atoms with van der Waals surface area (Å²) in [4.78, 5) is 38.9. The van der Waals surface area contributed by atoms with Crippen molar-refractivity contribution in [2.24, 2.45) is 11.8 Å². The van der Waals surface area contributed by atoms with Crippen molar-refractivity contribution in [3.8, 4) is 11.5 Å². The number of esters is 1. The first kappa shape index (κ1) is 27.5. The number of rotatable bonds is 9. The Bertz CT molecular complexity index is 1210. The molecular weight excluding hydrogens is 516 g/mol. The van der Waals surface area contributed by atoms with Crippen molar-refractivity contribution in [2.75, 3.05) is 13.1 Å². The maximum absolute atomic E-state index is 12.8. The minimum atomic E-state index is -1.13. The van der Waals surface area contributed by atoms with E-state index in [1.54, 1.807) is 19.9 Å². The van der Waals surface area contributed by atoms with Crippen molar-refractivity contribution in [3.63, 3.8) is 0 Å². The van der Waals surface area contributed by atoms with E-state index in [2.05, 4.69) is 10.2 Å². The highest BCUT2D eigenvalue weighted by atomic mass is 16.6. The second kappa shape index (κ2) is 9.99. The molecule has 5 aliphatic rings. The van der Waals surface area contributed by atoms with Crippen LogP contribution in [0.1, 0.15) is 76.3 Å². The number of likely N-dealkylation sites (tertiary alicyclic amines) is 1. The van der Waals surface area contributed by atoms with Gasteiger partial charge in [0, 0.05) is 24.6 Å². The van der Waals surface area contributed by atoms with E-state index < -0.39 is 47.1 Å². The largest absolute Gasteiger partial charge is 0.482 e. The van der Waals surface area contributed by atoms with Crippen LogP contribution >= 0.6 is 0 Å². The predicted octanol–water partition coefficient (Wildman–Crippen LogP) is 1.91. The van der Waals surface area contributed by atoms with Crippen LogP contribution in [0.4, 0.5) is 0 Å². The zero-order valence-corrected chi connectivity index (χ0v) is 23.2. The highest BCUT2D eigenvalue weighted by molar-refractivity contribution is 5.86. The number of aliphatic hydroxyl groups is 2. The van der Waals surface area contributed by atoms with Crippen molar-refractivity contribution < 1.29 is 39.2 Å². The van der Waals surface area contributed by atoms with Gasteiger partial charge in [-0.15, -0.1) is 0 Å². The van der Waals surface area contributed by atoms with Crippen LogP contribution in [0.15, 0.2) is 12.1 Å². The molecule has 6 rings (SSSR count). The molecule has 2 saturated carbocycles. The van der Waals surface area contributed by atoms with Gasteiger partial charge in [-0.1, -0.05) is 26.3 Å². The average Bonchev–Trinajstić information content (AvgIpc) is 3.23. The second-order valence-corrected chi connectivity index (χ2v) is 12.8. The van der Waals surface area contributed by atoms with Gasteiger partial charge in [0.05, 0.1) is 23.5 Å². The first-order chi connectivity index (χ1) is 19.0. The van der Waals surface area contributed by atoms with Gasteiger partial charge in [0.1, 0.15) is 12.1 Å². The van der Waals surface area contributed by atoms with E-state index in [0.717, 1.165) is 24.2 Å². The van der Waals surface area contributed by atoms with Crippen molar-refractivity contribution in [2.45, 2.75) is 107 Å². The van der Waals surface area contributed by atoms with Gasteiger partial charge in [0.25, 0.3) is 0 Å². The summed E-state index contributed by atoms with van der Waals surface area (Å²) < 4.78 is 12.1. The van der Waals surface area contributed by atoms with E-state index >= 15 is 0 Å². The van der Waals surface area contributed by atoms with Crippen LogP contribution in [0.2, 0.25) is 0 Å². The maximum Gasteiger partial charge on any atom is 0.326 e. The number of nitrogens with one attached hydrogen (secondary N) is 1. The third-order valence-corrected chi connectivity index (χ3v) is 10.3. The molecule has 0 radical (unpaired) electrons. The molecular formula is C30H40N2O8. The van der Waals surface area contributed by atoms with Crippen molar-refractivity contribution >= 4 is 17.8 Å². The van der Waals surface area contributed by atoms with E-state index in [4.69, 9.17) is 9.47 Å². The van der Waals surface area contributed by atoms with Crippen molar-refractivity contribution in [1.82, 2.24) is 10.2 Å². The molecule has 1 aromatic carbocycles. The first-order valence-electron chi connectivity index (χ1n) is 14.8. The molecule has 218 valence electrons. The summed E-state index contributed by atoms with van der Waals surface area (Å²) in [6.07, 6.45) is 4.23. The molecule has 3 fully saturated rings. The Morgan fingerprint density at radius 1 is 1.18 bits per heavy atom. The van der Waals surface area contributed by atoms with Gasteiger partial charge < -0.3 is 30.1 Å². The molecule has 2 heterocycles. The Labute approximate surface area is 234 Å². The lowest BCUT2D eigenvalue weighted by Crippen LogP contribution is -2.77. The number of carbonyl (C=O) groups is 3. The number of aliphatic hydroxyl groups excluding tert-OH is 1. The van der Waals surface area contributed by atoms with Crippen LogP contribution in [0.3, 0.4) is 0 Å². The number of hydrogen-bond donors (Lipinski definition) is 4. The van der Waals surface area contributed by atoms with Gasteiger partial charge in [0.2, 0.25) is 5.91 Å². The van der Waals surface area contributed by atoms with Gasteiger partial charge in [-0.25, -0.2) is 4.79 Å². The number of carboxylic acid groups (broad SMARTS) is 1. The summed E-state index contributed by atoms with van der Waals surface area (Å²) in [5.41, 5.74) is 0.114. The maximum atomic E-state index is 12.8. The van der Waals surface area contributed by atoms with Gasteiger partial charge in [-0.2, -0.15) is 0 Å². The Morgan fingerprint density at radius 2 is 1.95 bits per heavy atom. The Hall–Kier alpha value is -2.69. The Balaban J connectivity index is 1.23. The fraction of sp³-hybridized carbons (Fsp3) is 0.700. The van der Waals surface area contributed by atoms with E-state index in [1.165, 1.54) is 19.3 Å². The normalized spacial score (nSPS) is 33.0. The summed E-state index contributed by atoms with van der Waals surface area (Å²) in [7, 11) is 0. The van der Waals surface area contributed by atoms with Crippen LogP contribution in [0, 0.1) is 11.8 Å². The number of nitrogens with zero attached hydrogens (tertiary/aromatic N) is 1. The molecule has 1 aromatic rings. The van der Waals surface area contributed by atoms with Gasteiger partial charge in [-0.05, 0) is 68.5 Å². The van der Waals surface area contributed by atoms with Crippen LogP contribution in [-0.4, -0.2) is 81.0 Å². The molecule has 2 bridgehead atoms. The number of hydrogen-bond acceptors (Lipinski definition) is 8. The molecule has 10 heteroatoms. The summed E-state index contributed by atoms with van der Waals surface area (Å²) >= 11 is 0. The predicted molar refractivity (Wildman–Crippen MR) is 143 cm³/mol. The van der Waals surface area contributed by atoms with Crippen molar-refractivity contribution in [3.05, 3.63) is 23.3 Å². The van der Waals surface area contributed by atoms with E-state index in [-0.39, 0.29) is 30.6 Å². The lowest BCUT2D eigenvalue weighted by molar-refractivity contribution is -0.209. The highest BCUT2D eigenvalue weighted by Crippen LogP contribution is 2.65. The molecule has 10 nitrogen and oxygen atoms in total. The number of piperidine rings is 1. The third-order valence-electron chi connectivity index (χ3n) is 10.3. The molecule has 1 spiro atoms. The number of benzene rings is 1. The van der Waals surface area contributed by atoms with Crippen LogP contribution in [0.5, 0.6) is 11.5 Å². The number of aliphatic carboxylic acids is 1. The van der Waals surface area contributed by atoms with Gasteiger partial charge >= 0.3 is 11.9 Å². The number of carbonyl (C=O) groups excluding carboxylic acids is 2. The molecule has 3 aliphatic carbocycles. The molecule has 4 N–H and O–H groups in total. The molecule has 0 aromatic heterocycles. The standard InChI is InChI=1S/C30H40N2O8/c1-16(2)25(28(36)37)31-22(34)8-9-23(35)39-20-7-6-18-14-21-30(38)11-10-19(33)27-29(30,24(18)26(20)40-27)12-13-32(21)15-17-4-3-5-17/h6-7,16-17,19,21,25,27,33,38H,3-5,8-15H2,1-2H3,(H,31,34)(H,36,37)/t19-,21+,25?,27-,29-,30+/m0/s1. The summed E-state index contributed by atoms with van der Waals surface area (Å²) in [6, 6.07) is 2.57. The molecule has 2 aliphatic heterocycles. The summed E-state index contributed by atoms with van der Waals surface area (Å²) in [5, 5.41) is 35.3. The zero-order chi connectivity index (χ0) is 28.4. The summed E-state index contributed by atoms with van der Waals surface area (Å²) in [6.45, 7) is 5.21. The van der Waals surface area contributed by atoms with Crippen molar-refractivity contribution in [1.29, 1.82) is 0 Å². The Kier molecular flexibility index (Phi) is 6.86. The minimum Gasteiger partial charge on any atom is -0.482 e. The number of amides is 1. The van der Waals surface area contributed by atoms with E-state index in [9.17, 15) is 29.7 Å². The number of carboxylic acids is 1. The minimum absolute atomic E-state index is 0.0497. The average molecular weight is 557 g/mol. The third kappa shape index (κ3) is 4.13. The smallest absolute Gasteiger partial charge is 0.326 e. The quantitative estimate of drug-likeness (QED) is 0.265. The molecule has 40 heavy (non-hydrogen) atoms. The number of ether oxygens (including phenoxy) is 2. The SMILES string of the molecule is CC(C)C(NC(=O)CCC(=O)Oc1ccc2c3c1O[C@H]1[C@@H](O)CC[C@@]4(O)[C@@H](C2)N(CC2CCC2)CC[C@]314)C(=O)O. The Morgan fingerprint density at radius 3 is 2.62 bits per heavy atom.